The van der Waals surface area contributed by atoms with Crippen molar-refractivity contribution in [2.24, 2.45) is 0 Å². The van der Waals surface area contributed by atoms with Crippen LogP contribution in [0.5, 0.6) is 0 Å². The third kappa shape index (κ3) is 2.51. The molecule has 1 aliphatic rings. The van der Waals surface area contributed by atoms with E-state index in [-0.39, 0.29) is 18.9 Å². The highest BCUT2D eigenvalue weighted by Gasteiger charge is 2.39. The van der Waals surface area contributed by atoms with Gasteiger partial charge in [0.2, 0.25) is 11.9 Å². The molecule has 0 spiro atoms. The van der Waals surface area contributed by atoms with E-state index in [2.05, 4.69) is 15.3 Å². The number of anilines is 2. The number of aromatic nitrogens is 2. The molecule has 82 valence electrons. The zero-order valence-corrected chi connectivity index (χ0v) is 8.08. The molecule has 1 saturated carbocycles. The summed E-state index contributed by atoms with van der Waals surface area (Å²) in [5.74, 6) is -2.20. The van der Waals surface area contributed by atoms with E-state index in [1.807, 2.05) is 0 Å². The molecule has 1 fully saturated rings. The molecule has 15 heavy (non-hydrogen) atoms. The average Bonchev–Trinajstić information content (AvgIpc) is 2.50. The number of rotatable bonds is 2. The van der Waals surface area contributed by atoms with Gasteiger partial charge in [-0.05, 0) is 6.42 Å². The number of nitrogens with zero attached hydrogens (tertiary/aromatic N) is 2. The fraction of sp³-hybridized carbons (Fsp3) is 0.556. The Balaban J connectivity index is 1.96. The molecule has 1 aromatic heterocycles. The van der Waals surface area contributed by atoms with Crippen LogP contribution in [0.3, 0.4) is 0 Å². The predicted molar refractivity (Wildman–Crippen MR) is 52.7 cm³/mol. The Kier molecular flexibility index (Phi) is 2.42. The van der Waals surface area contributed by atoms with Gasteiger partial charge in [0.25, 0.3) is 0 Å². The molecule has 0 radical (unpaired) electrons. The van der Waals surface area contributed by atoms with Crippen molar-refractivity contribution < 1.29 is 8.78 Å². The summed E-state index contributed by atoms with van der Waals surface area (Å²) in [4.78, 5) is 7.79. The molecule has 2 rings (SSSR count). The molecular formula is C9H12F2N4. The Morgan fingerprint density at radius 2 is 2.07 bits per heavy atom. The molecule has 0 saturated heterocycles. The summed E-state index contributed by atoms with van der Waals surface area (Å²) in [5, 5.41) is 2.87. The minimum absolute atomic E-state index is 0.0698. The predicted octanol–water partition coefficient (Wildman–Crippen LogP) is 1.66. The van der Waals surface area contributed by atoms with Gasteiger partial charge in [0, 0.05) is 18.9 Å². The molecule has 0 unspecified atom stereocenters. The van der Waals surface area contributed by atoms with E-state index in [1.165, 1.54) is 12.4 Å². The molecule has 0 amide bonds. The van der Waals surface area contributed by atoms with Gasteiger partial charge in [0.15, 0.2) is 0 Å². The van der Waals surface area contributed by atoms with E-state index in [9.17, 15) is 8.78 Å². The molecule has 4 nitrogen and oxygen atoms in total. The smallest absolute Gasteiger partial charge is 0.250 e. The molecule has 1 heterocycles. The molecule has 3 N–H and O–H groups in total. The average molecular weight is 214 g/mol. The van der Waals surface area contributed by atoms with Gasteiger partial charge in [-0.2, -0.15) is 0 Å². The summed E-state index contributed by atoms with van der Waals surface area (Å²) in [6.45, 7) is 0. The van der Waals surface area contributed by atoms with Crippen molar-refractivity contribution in [1.29, 1.82) is 0 Å². The van der Waals surface area contributed by atoms with Crippen LogP contribution in [0.2, 0.25) is 0 Å². The highest BCUT2D eigenvalue weighted by molar-refractivity contribution is 5.36. The number of nitrogen functional groups attached to an aromatic ring is 1. The number of hydrogen-bond donors (Lipinski definition) is 2. The van der Waals surface area contributed by atoms with Crippen LogP contribution in [0.25, 0.3) is 0 Å². The Bertz CT molecular complexity index is 338. The SMILES string of the molecule is Nc1cnc(N[C@@H]2CCC(F)(F)C2)nc1. The summed E-state index contributed by atoms with van der Waals surface area (Å²) < 4.78 is 25.7. The lowest BCUT2D eigenvalue weighted by molar-refractivity contribution is 0.00851. The molecule has 1 atom stereocenters. The Morgan fingerprint density at radius 3 is 2.60 bits per heavy atom. The van der Waals surface area contributed by atoms with E-state index >= 15 is 0 Å². The fourth-order valence-corrected chi connectivity index (χ4v) is 1.67. The van der Waals surface area contributed by atoms with E-state index in [0.29, 0.717) is 18.1 Å². The summed E-state index contributed by atoms with van der Waals surface area (Å²) in [6, 6.07) is -0.247. The first-order chi connectivity index (χ1) is 7.05. The maximum absolute atomic E-state index is 12.9. The van der Waals surface area contributed by atoms with Gasteiger partial charge in [0.05, 0.1) is 18.1 Å². The van der Waals surface area contributed by atoms with Crippen LogP contribution in [-0.2, 0) is 0 Å². The van der Waals surface area contributed by atoms with Crippen molar-refractivity contribution in [3.8, 4) is 0 Å². The monoisotopic (exact) mass is 214 g/mol. The lowest BCUT2D eigenvalue weighted by Gasteiger charge is -2.12. The molecule has 0 bridgehead atoms. The number of hydrogen-bond acceptors (Lipinski definition) is 4. The minimum Gasteiger partial charge on any atom is -0.396 e. The first-order valence-corrected chi connectivity index (χ1v) is 4.77. The van der Waals surface area contributed by atoms with Crippen LogP contribution >= 0.6 is 0 Å². The van der Waals surface area contributed by atoms with Crippen LogP contribution in [0, 0.1) is 0 Å². The maximum Gasteiger partial charge on any atom is 0.250 e. The second kappa shape index (κ2) is 3.60. The second-order valence-corrected chi connectivity index (χ2v) is 3.78. The van der Waals surface area contributed by atoms with Crippen molar-refractivity contribution in [3.63, 3.8) is 0 Å². The first kappa shape index (κ1) is 10.1. The summed E-state index contributed by atoms with van der Waals surface area (Å²) in [5.41, 5.74) is 5.86. The lowest BCUT2D eigenvalue weighted by atomic mass is 10.2. The van der Waals surface area contributed by atoms with E-state index in [0.717, 1.165) is 0 Å². The van der Waals surface area contributed by atoms with Crippen LogP contribution < -0.4 is 11.1 Å². The molecular weight excluding hydrogens is 202 g/mol. The third-order valence-electron chi connectivity index (χ3n) is 2.41. The Morgan fingerprint density at radius 1 is 1.40 bits per heavy atom. The fourth-order valence-electron chi connectivity index (χ4n) is 1.67. The molecule has 0 aromatic carbocycles. The van der Waals surface area contributed by atoms with Crippen LogP contribution in [0.4, 0.5) is 20.4 Å². The lowest BCUT2D eigenvalue weighted by Crippen LogP contribution is -2.20. The molecule has 1 aliphatic carbocycles. The Labute approximate surface area is 85.9 Å². The normalized spacial score (nSPS) is 24.0. The van der Waals surface area contributed by atoms with E-state index in [1.54, 1.807) is 0 Å². The number of nitrogens with two attached hydrogens (primary N) is 1. The molecule has 0 aliphatic heterocycles. The van der Waals surface area contributed by atoms with E-state index < -0.39 is 5.92 Å². The van der Waals surface area contributed by atoms with Gasteiger partial charge in [-0.1, -0.05) is 0 Å². The van der Waals surface area contributed by atoms with Crippen molar-refractivity contribution in [1.82, 2.24) is 9.97 Å². The second-order valence-electron chi connectivity index (χ2n) is 3.78. The summed E-state index contributed by atoms with van der Waals surface area (Å²) in [7, 11) is 0. The number of halogens is 2. The topological polar surface area (TPSA) is 63.8 Å². The van der Waals surface area contributed by atoms with Gasteiger partial charge in [-0.15, -0.1) is 0 Å². The van der Waals surface area contributed by atoms with Gasteiger partial charge in [-0.3, -0.25) is 0 Å². The van der Waals surface area contributed by atoms with Gasteiger partial charge in [-0.25, -0.2) is 18.7 Å². The highest BCUT2D eigenvalue weighted by Crippen LogP contribution is 2.35. The van der Waals surface area contributed by atoms with Crippen LogP contribution in [0.15, 0.2) is 12.4 Å². The molecule has 1 aromatic rings. The minimum atomic E-state index is -2.55. The van der Waals surface area contributed by atoms with Crippen LogP contribution in [-0.4, -0.2) is 21.9 Å². The summed E-state index contributed by atoms with van der Waals surface area (Å²) in [6.07, 6.45) is 3.12. The first-order valence-electron chi connectivity index (χ1n) is 4.77. The summed E-state index contributed by atoms with van der Waals surface area (Å²) >= 11 is 0. The van der Waals surface area contributed by atoms with Gasteiger partial charge in [0.1, 0.15) is 0 Å². The maximum atomic E-state index is 12.9. The van der Waals surface area contributed by atoms with Crippen molar-refractivity contribution in [3.05, 3.63) is 12.4 Å². The van der Waals surface area contributed by atoms with Crippen molar-refractivity contribution in [2.45, 2.75) is 31.2 Å². The zero-order valence-electron chi connectivity index (χ0n) is 8.08. The third-order valence-corrected chi connectivity index (χ3v) is 2.41. The van der Waals surface area contributed by atoms with Crippen molar-refractivity contribution >= 4 is 11.6 Å². The van der Waals surface area contributed by atoms with Gasteiger partial charge < -0.3 is 11.1 Å². The number of nitrogens with one attached hydrogen (secondary N) is 1. The highest BCUT2D eigenvalue weighted by atomic mass is 19.3. The standard InChI is InChI=1S/C9H12F2N4/c10-9(11)2-1-7(3-9)15-8-13-4-6(12)5-14-8/h4-5,7H,1-3,12H2,(H,13,14,15)/t7-/m1/s1. The Hall–Kier alpha value is -1.46. The van der Waals surface area contributed by atoms with Crippen molar-refractivity contribution in [2.75, 3.05) is 11.1 Å². The number of alkyl halides is 2. The molecule has 6 heteroatoms. The van der Waals surface area contributed by atoms with Gasteiger partial charge >= 0.3 is 0 Å². The van der Waals surface area contributed by atoms with E-state index in [4.69, 9.17) is 5.73 Å². The van der Waals surface area contributed by atoms with Crippen LogP contribution in [0.1, 0.15) is 19.3 Å². The largest absolute Gasteiger partial charge is 0.396 e. The quantitative estimate of drug-likeness (QED) is 0.785. The zero-order chi connectivity index (χ0) is 10.9.